The molecule has 2 N–H and O–H groups in total. The number of nitrogens with zero attached hydrogens (tertiary/aromatic N) is 2. The van der Waals surface area contributed by atoms with E-state index < -0.39 is 41.6 Å². The number of hydrogen-bond donors (Lipinski definition) is 2. The minimum Gasteiger partial charge on any atom is -0.466 e. The van der Waals surface area contributed by atoms with E-state index in [2.05, 4.69) is 24.1 Å². The average Bonchev–Trinajstić information content (AvgIpc) is 3.54. The SMILES string of the molecule is CCOC(=O)[C@@H]1[C@H]2C(=O)N([C@@H](CO)[C@@H](C)CC)C(C(=O)Nc3ccc(N(CC)CC)cc3)C23CC[C@H]1O3. The summed E-state index contributed by atoms with van der Waals surface area (Å²) in [6.07, 6.45) is 1.35. The lowest BCUT2D eigenvalue weighted by Gasteiger charge is -2.38. The molecule has 2 amide bonds. The first-order valence-electron chi connectivity index (χ1n) is 13.7. The van der Waals surface area contributed by atoms with Gasteiger partial charge < -0.3 is 29.7 Å². The predicted octanol–water partition coefficient (Wildman–Crippen LogP) is 2.82. The Balaban J connectivity index is 1.69. The molecule has 0 saturated carbocycles. The zero-order chi connectivity index (χ0) is 26.9. The number of aliphatic hydroxyl groups is 1. The highest BCUT2D eigenvalue weighted by Crippen LogP contribution is 2.59. The van der Waals surface area contributed by atoms with Gasteiger partial charge >= 0.3 is 5.97 Å². The van der Waals surface area contributed by atoms with Crippen LogP contribution in [-0.4, -0.2) is 77.9 Å². The van der Waals surface area contributed by atoms with E-state index in [1.807, 2.05) is 38.1 Å². The summed E-state index contributed by atoms with van der Waals surface area (Å²) in [6.45, 7) is 11.6. The number of amides is 2. The summed E-state index contributed by atoms with van der Waals surface area (Å²) in [4.78, 5) is 44.6. The van der Waals surface area contributed by atoms with Gasteiger partial charge in [-0.15, -0.1) is 0 Å². The summed E-state index contributed by atoms with van der Waals surface area (Å²) >= 11 is 0. The maximum Gasteiger partial charge on any atom is 0.312 e. The van der Waals surface area contributed by atoms with Crippen LogP contribution in [0.3, 0.4) is 0 Å². The number of fused-ring (bicyclic) bond motifs is 1. The number of nitrogens with one attached hydrogen (secondary N) is 1. The predicted molar refractivity (Wildman–Crippen MR) is 140 cm³/mol. The van der Waals surface area contributed by atoms with Gasteiger partial charge in [0.25, 0.3) is 0 Å². The number of hydrogen-bond acceptors (Lipinski definition) is 7. The average molecular weight is 516 g/mol. The van der Waals surface area contributed by atoms with Crippen LogP contribution in [0.2, 0.25) is 0 Å². The van der Waals surface area contributed by atoms with Crippen LogP contribution in [0.5, 0.6) is 0 Å². The fourth-order valence-corrected chi connectivity index (χ4v) is 6.62. The molecule has 7 atom stereocenters. The summed E-state index contributed by atoms with van der Waals surface area (Å²) in [5.41, 5.74) is 0.559. The Labute approximate surface area is 219 Å². The van der Waals surface area contributed by atoms with E-state index >= 15 is 0 Å². The third-order valence-corrected chi connectivity index (χ3v) is 8.65. The highest BCUT2D eigenvalue weighted by Gasteiger charge is 2.75. The van der Waals surface area contributed by atoms with E-state index in [4.69, 9.17) is 9.47 Å². The lowest BCUT2D eigenvalue weighted by Crippen LogP contribution is -2.57. The van der Waals surface area contributed by atoms with Crippen LogP contribution in [0.15, 0.2) is 24.3 Å². The zero-order valence-electron chi connectivity index (χ0n) is 22.6. The van der Waals surface area contributed by atoms with Gasteiger partial charge in [-0.1, -0.05) is 20.3 Å². The monoisotopic (exact) mass is 515 g/mol. The molecule has 0 aliphatic carbocycles. The maximum atomic E-state index is 14.0. The summed E-state index contributed by atoms with van der Waals surface area (Å²) < 4.78 is 11.7. The molecule has 3 saturated heterocycles. The molecule has 3 heterocycles. The number of carbonyl (C=O) groups excluding carboxylic acids is 3. The Hall–Kier alpha value is -2.65. The lowest BCUT2D eigenvalue weighted by atomic mass is 9.70. The number of ether oxygens (including phenoxy) is 2. The number of anilines is 2. The highest BCUT2D eigenvalue weighted by atomic mass is 16.6. The second-order valence-corrected chi connectivity index (χ2v) is 10.4. The minimum absolute atomic E-state index is 0.0499. The van der Waals surface area contributed by atoms with Crippen LogP contribution < -0.4 is 10.2 Å². The topological polar surface area (TPSA) is 108 Å². The zero-order valence-corrected chi connectivity index (χ0v) is 22.6. The Morgan fingerprint density at radius 1 is 1.22 bits per heavy atom. The third kappa shape index (κ3) is 4.50. The van der Waals surface area contributed by atoms with Gasteiger partial charge in [-0.05, 0) is 63.8 Å². The molecule has 1 spiro atoms. The van der Waals surface area contributed by atoms with E-state index in [0.29, 0.717) is 18.5 Å². The van der Waals surface area contributed by atoms with E-state index in [0.717, 1.165) is 25.2 Å². The van der Waals surface area contributed by atoms with Gasteiger partial charge in [0.15, 0.2) is 0 Å². The molecular formula is C28H41N3O6. The van der Waals surface area contributed by atoms with Crippen LogP contribution >= 0.6 is 0 Å². The van der Waals surface area contributed by atoms with Crippen LogP contribution in [0, 0.1) is 17.8 Å². The molecule has 0 radical (unpaired) electrons. The first kappa shape index (κ1) is 27.4. The largest absolute Gasteiger partial charge is 0.466 e. The standard InChI is InChI=1S/C28H41N3O6/c1-6-17(5)20(16-32)31-24(25(33)29-18-10-12-19(13-11-18)30(7-2)8-3)28-15-14-21(37-28)22(23(28)26(31)34)27(35)36-9-4/h10-13,17,20-24,32H,6-9,14-16H2,1-5H3,(H,29,33)/t17-,20-,21+,22-,23-,24?,28?/m0/s1. The number of carbonyl (C=O) groups is 3. The third-order valence-electron chi connectivity index (χ3n) is 8.65. The van der Waals surface area contributed by atoms with Gasteiger partial charge in [-0.25, -0.2) is 0 Å². The molecule has 0 aromatic heterocycles. The first-order chi connectivity index (χ1) is 17.8. The molecule has 3 fully saturated rings. The molecule has 2 unspecified atom stereocenters. The molecule has 9 heteroatoms. The molecule has 2 bridgehead atoms. The van der Waals surface area contributed by atoms with Gasteiger partial charge in [-0.2, -0.15) is 0 Å². The molecular weight excluding hydrogens is 474 g/mol. The number of benzene rings is 1. The molecule has 204 valence electrons. The van der Waals surface area contributed by atoms with Gasteiger partial charge in [-0.3, -0.25) is 14.4 Å². The second-order valence-electron chi connectivity index (χ2n) is 10.4. The quantitative estimate of drug-likeness (QED) is 0.436. The van der Waals surface area contributed by atoms with Gasteiger partial charge in [0, 0.05) is 24.5 Å². The molecule has 3 aliphatic rings. The molecule has 3 aliphatic heterocycles. The Bertz CT molecular complexity index is 996. The van der Waals surface area contributed by atoms with Crippen molar-refractivity contribution in [3.8, 4) is 0 Å². The second kappa shape index (κ2) is 11.0. The van der Waals surface area contributed by atoms with Crippen molar-refractivity contribution in [2.75, 3.05) is 36.5 Å². The van der Waals surface area contributed by atoms with Crippen LogP contribution in [0.4, 0.5) is 11.4 Å². The van der Waals surface area contributed by atoms with Crippen LogP contribution in [0.1, 0.15) is 53.9 Å². The van der Waals surface area contributed by atoms with Crippen molar-refractivity contribution in [3.63, 3.8) is 0 Å². The molecule has 1 aromatic carbocycles. The van der Waals surface area contributed by atoms with E-state index in [1.165, 1.54) is 4.90 Å². The van der Waals surface area contributed by atoms with Crippen molar-refractivity contribution in [2.45, 2.75) is 77.7 Å². The molecule has 4 rings (SSSR count). The van der Waals surface area contributed by atoms with Crippen LogP contribution in [0.25, 0.3) is 0 Å². The Morgan fingerprint density at radius 3 is 2.46 bits per heavy atom. The summed E-state index contributed by atoms with van der Waals surface area (Å²) in [7, 11) is 0. The Morgan fingerprint density at radius 2 is 1.89 bits per heavy atom. The molecule has 9 nitrogen and oxygen atoms in total. The molecule has 1 aromatic rings. The van der Waals surface area contributed by atoms with Crippen molar-refractivity contribution >= 4 is 29.2 Å². The van der Waals surface area contributed by atoms with Crippen molar-refractivity contribution < 1.29 is 29.0 Å². The van der Waals surface area contributed by atoms with E-state index in [-0.39, 0.29) is 30.9 Å². The summed E-state index contributed by atoms with van der Waals surface area (Å²) in [5.74, 6) is -2.72. The van der Waals surface area contributed by atoms with E-state index in [9.17, 15) is 19.5 Å². The number of likely N-dealkylation sites (tertiary alicyclic amines) is 1. The van der Waals surface area contributed by atoms with Gasteiger partial charge in [0.05, 0.1) is 37.2 Å². The highest BCUT2D eigenvalue weighted by molar-refractivity contribution is 6.03. The van der Waals surface area contributed by atoms with Gasteiger partial charge in [0.1, 0.15) is 11.6 Å². The van der Waals surface area contributed by atoms with E-state index in [1.54, 1.807) is 6.92 Å². The van der Waals surface area contributed by atoms with Crippen molar-refractivity contribution in [1.29, 1.82) is 0 Å². The summed E-state index contributed by atoms with van der Waals surface area (Å²) in [5, 5.41) is 13.4. The van der Waals surface area contributed by atoms with Crippen molar-refractivity contribution in [2.24, 2.45) is 17.8 Å². The first-order valence-corrected chi connectivity index (χ1v) is 13.7. The van der Waals surface area contributed by atoms with Crippen LogP contribution in [-0.2, 0) is 23.9 Å². The maximum absolute atomic E-state index is 14.0. The fourth-order valence-electron chi connectivity index (χ4n) is 6.62. The lowest BCUT2D eigenvalue weighted by molar-refractivity contribution is -0.155. The van der Waals surface area contributed by atoms with Crippen molar-refractivity contribution in [3.05, 3.63) is 24.3 Å². The number of esters is 1. The Kier molecular flexibility index (Phi) is 8.14. The smallest absolute Gasteiger partial charge is 0.312 e. The van der Waals surface area contributed by atoms with Crippen molar-refractivity contribution in [1.82, 2.24) is 4.90 Å². The number of aliphatic hydroxyl groups excluding tert-OH is 1. The minimum atomic E-state index is -1.12. The fraction of sp³-hybridized carbons (Fsp3) is 0.679. The van der Waals surface area contributed by atoms with Gasteiger partial charge in [0.2, 0.25) is 11.8 Å². The number of rotatable bonds is 11. The normalized spacial score (nSPS) is 29.7. The summed E-state index contributed by atoms with van der Waals surface area (Å²) in [6, 6.07) is 6.12. The molecule has 37 heavy (non-hydrogen) atoms.